The Bertz CT molecular complexity index is 671. The van der Waals surface area contributed by atoms with Gasteiger partial charge >= 0.3 is 0 Å². The predicted molar refractivity (Wildman–Crippen MR) is 89.7 cm³/mol. The Labute approximate surface area is 136 Å². The van der Waals surface area contributed by atoms with Gasteiger partial charge in [-0.05, 0) is 44.4 Å². The number of nitrogens with zero attached hydrogens (tertiary/aromatic N) is 2. The molecule has 124 valence electrons. The van der Waals surface area contributed by atoms with Gasteiger partial charge in [-0.2, -0.15) is 0 Å². The Kier molecular flexibility index (Phi) is 5.31. The lowest BCUT2D eigenvalue weighted by atomic mass is 9.93. The van der Waals surface area contributed by atoms with Crippen LogP contribution in [0.25, 0.3) is 11.3 Å². The third-order valence-corrected chi connectivity index (χ3v) is 3.44. The number of nitrogens with two attached hydrogens (primary N) is 1. The quantitative estimate of drug-likeness (QED) is 0.882. The smallest absolute Gasteiger partial charge is 0.136 e. The highest BCUT2D eigenvalue weighted by Gasteiger charge is 2.21. The van der Waals surface area contributed by atoms with Gasteiger partial charge in [0, 0.05) is 23.4 Å². The predicted octanol–water partition coefficient (Wildman–Crippen LogP) is 3.73. The van der Waals surface area contributed by atoms with Crippen LogP contribution < -0.4 is 10.5 Å². The van der Waals surface area contributed by atoms with Crippen molar-refractivity contribution >= 4 is 0 Å². The molecule has 0 aliphatic heterocycles. The third-order valence-electron chi connectivity index (χ3n) is 3.44. The summed E-state index contributed by atoms with van der Waals surface area (Å²) in [4.78, 5) is 8.26. The van der Waals surface area contributed by atoms with Crippen molar-refractivity contribution in [1.29, 1.82) is 0 Å². The van der Waals surface area contributed by atoms with Gasteiger partial charge in [-0.25, -0.2) is 14.4 Å². The van der Waals surface area contributed by atoms with E-state index in [2.05, 4.69) is 23.8 Å². The molecule has 0 saturated heterocycles. The molecule has 0 spiro atoms. The van der Waals surface area contributed by atoms with Crippen molar-refractivity contribution in [3.8, 4) is 17.0 Å². The number of hydrogen-bond donors (Lipinski definition) is 1. The largest absolute Gasteiger partial charge is 0.492 e. The summed E-state index contributed by atoms with van der Waals surface area (Å²) in [5.41, 5.74) is 6.76. The first-order chi connectivity index (χ1) is 10.8. The topological polar surface area (TPSA) is 61.0 Å². The second kappa shape index (κ2) is 7.04. The van der Waals surface area contributed by atoms with Crippen LogP contribution in [0.3, 0.4) is 0 Å². The number of rotatable bonds is 6. The molecule has 0 bridgehead atoms. The molecule has 2 aromatic rings. The zero-order valence-electron chi connectivity index (χ0n) is 14.1. The monoisotopic (exact) mass is 317 g/mol. The van der Waals surface area contributed by atoms with Crippen LogP contribution in [0.2, 0.25) is 0 Å². The molecule has 0 saturated carbocycles. The SMILES string of the molecule is Cc1nccc(-c2ccc(OC[C@@](C)(N)CC(C)C)cc2F)n1. The third kappa shape index (κ3) is 4.99. The van der Waals surface area contributed by atoms with Crippen LogP contribution in [0, 0.1) is 18.7 Å². The number of benzene rings is 1. The molecule has 1 atom stereocenters. The average molecular weight is 317 g/mol. The molecule has 4 nitrogen and oxygen atoms in total. The van der Waals surface area contributed by atoms with E-state index in [-0.39, 0.29) is 5.82 Å². The first-order valence-electron chi connectivity index (χ1n) is 7.78. The van der Waals surface area contributed by atoms with Gasteiger partial charge in [0.2, 0.25) is 0 Å². The average Bonchev–Trinajstić information content (AvgIpc) is 2.44. The van der Waals surface area contributed by atoms with Gasteiger partial charge in [0.1, 0.15) is 24.0 Å². The number of halogens is 1. The highest BCUT2D eigenvalue weighted by atomic mass is 19.1. The zero-order valence-corrected chi connectivity index (χ0v) is 14.1. The molecule has 5 heteroatoms. The maximum atomic E-state index is 14.3. The zero-order chi connectivity index (χ0) is 17.0. The van der Waals surface area contributed by atoms with Gasteiger partial charge < -0.3 is 10.5 Å². The lowest BCUT2D eigenvalue weighted by molar-refractivity contribution is 0.206. The van der Waals surface area contributed by atoms with E-state index in [9.17, 15) is 4.39 Å². The summed E-state index contributed by atoms with van der Waals surface area (Å²) in [5, 5.41) is 0. The fourth-order valence-corrected chi connectivity index (χ4v) is 2.64. The van der Waals surface area contributed by atoms with Crippen LogP contribution in [0.15, 0.2) is 30.5 Å². The molecule has 0 aliphatic carbocycles. The number of ether oxygens (including phenoxy) is 1. The summed E-state index contributed by atoms with van der Waals surface area (Å²) in [6.45, 7) is 8.29. The van der Waals surface area contributed by atoms with E-state index in [0.717, 1.165) is 6.42 Å². The highest BCUT2D eigenvalue weighted by molar-refractivity contribution is 5.60. The van der Waals surface area contributed by atoms with E-state index in [1.807, 2.05) is 6.92 Å². The molecule has 1 heterocycles. The molecular weight excluding hydrogens is 293 g/mol. The van der Waals surface area contributed by atoms with E-state index in [1.54, 1.807) is 31.3 Å². The van der Waals surface area contributed by atoms with Crippen molar-refractivity contribution in [3.05, 3.63) is 42.1 Å². The molecule has 1 aromatic heterocycles. The summed E-state index contributed by atoms with van der Waals surface area (Å²) in [5.74, 6) is 1.18. The van der Waals surface area contributed by atoms with Gasteiger partial charge in [-0.1, -0.05) is 13.8 Å². The Morgan fingerprint density at radius 3 is 2.65 bits per heavy atom. The molecular formula is C18H24FN3O. The fourth-order valence-electron chi connectivity index (χ4n) is 2.64. The molecule has 0 amide bonds. The standard InChI is InChI=1S/C18H24FN3O/c1-12(2)10-18(4,20)11-23-14-5-6-15(16(19)9-14)17-7-8-21-13(3)22-17/h5-9,12H,10-11,20H2,1-4H3/t18-/m0/s1. The molecule has 2 rings (SSSR count). The summed E-state index contributed by atoms with van der Waals surface area (Å²) >= 11 is 0. The van der Waals surface area contributed by atoms with Crippen molar-refractivity contribution in [1.82, 2.24) is 9.97 Å². The lowest BCUT2D eigenvalue weighted by Gasteiger charge is -2.26. The van der Waals surface area contributed by atoms with Crippen LogP contribution >= 0.6 is 0 Å². The Hall–Kier alpha value is -2.01. The number of hydrogen-bond acceptors (Lipinski definition) is 4. The van der Waals surface area contributed by atoms with Gasteiger partial charge in [0.15, 0.2) is 0 Å². The summed E-state index contributed by atoms with van der Waals surface area (Å²) < 4.78 is 20.0. The minimum absolute atomic E-state index is 0.344. The van der Waals surface area contributed by atoms with Crippen molar-refractivity contribution in [3.63, 3.8) is 0 Å². The molecule has 23 heavy (non-hydrogen) atoms. The van der Waals surface area contributed by atoms with Crippen molar-refractivity contribution < 1.29 is 9.13 Å². The summed E-state index contributed by atoms with van der Waals surface area (Å²) in [7, 11) is 0. The van der Waals surface area contributed by atoms with Gasteiger partial charge in [0.25, 0.3) is 0 Å². The molecule has 0 fully saturated rings. The van der Waals surface area contributed by atoms with E-state index in [0.29, 0.717) is 35.4 Å². The summed E-state index contributed by atoms with van der Waals surface area (Å²) in [6, 6.07) is 6.47. The summed E-state index contributed by atoms with van der Waals surface area (Å²) in [6.07, 6.45) is 2.46. The molecule has 0 aliphatic rings. The minimum atomic E-state index is -0.437. The fraction of sp³-hybridized carbons (Fsp3) is 0.444. The van der Waals surface area contributed by atoms with Gasteiger partial charge in [0.05, 0.1) is 5.69 Å². The van der Waals surface area contributed by atoms with Crippen LogP contribution in [0.4, 0.5) is 4.39 Å². The Balaban J connectivity index is 2.11. The number of aryl methyl sites for hydroxylation is 1. The second-order valence-electron chi connectivity index (χ2n) is 6.67. The van der Waals surface area contributed by atoms with Gasteiger partial charge in [-0.15, -0.1) is 0 Å². The van der Waals surface area contributed by atoms with Crippen molar-refractivity contribution in [2.45, 2.75) is 39.7 Å². The first kappa shape index (κ1) is 17.3. The Morgan fingerprint density at radius 2 is 2.04 bits per heavy atom. The maximum Gasteiger partial charge on any atom is 0.136 e. The second-order valence-corrected chi connectivity index (χ2v) is 6.67. The van der Waals surface area contributed by atoms with Crippen molar-refractivity contribution in [2.75, 3.05) is 6.61 Å². The normalized spacial score (nSPS) is 13.9. The van der Waals surface area contributed by atoms with Crippen LogP contribution in [-0.2, 0) is 0 Å². The van der Waals surface area contributed by atoms with Gasteiger partial charge in [-0.3, -0.25) is 0 Å². The molecule has 2 N–H and O–H groups in total. The Morgan fingerprint density at radius 1 is 1.30 bits per heavy atom. The number of aromatic nitrogens is 2. The van der Waals surface area contributed by atoms with E-state index in [4.69, 9.17) is 10.5 Å². The van der Waals surface area contributed by atoms with E-state index in [1.165, 1.54) is 6.07 Å². The molecule has 0 radical (unpaired) electrons. The van der Waals surface area contributed by atoms with Crippen LogP contribution in [-0.4, -0.2) is 22.1 Å². The van der Waals surface area contributed by atoms with E-state index >= 15 is 0 Å². The maximum absolute atomic E-state index is 14.3. The molecule has 0 unspecified atom stereocenters. The van der Waals surface area contributed by atoms with Crippen LogP contribution in [0.1, 0.15) is 33.0 Å². The lowest BCUT2D eigenvalue weighted by Crippen LogP contribution is -2.43. The molecule has 1 aromatic carbocycles. The highest BCUT2D eigenvalue weighted by Crippen LogP contribution is 2.25. The van der Waals surface area contributed by atoms with Crippen molar-refractivity contribution in [2.24, 2.45) is 11.7 Å². The van der Waals surface area contributed by atoms with E-state index < -0.39 is 5.54 Å². The first-order valence-corrected chi connectivity index (χ1v) is 7.78. The minimum Gasteiger partial charge on any atom is -0.492 e. The van der Waals surface area contributed by atoms with Crippen LogP contribution in [0.5, 0.6) is 5.75 Å².